The van der Waals surface area contributed by atoms with E-state index >= 15 is 0 Å². The third-order valence-electron chi connectivity index (χ3n) is 5.92. The summed E-state index contributed by atoms with van der Waals surface area (Å²) in [5, 5.41) is 1.71. The SMILES string of the molecule is NNC(=O)c1[nH]c2ccccc2c1C(c1ccccc1)c1c(C(=O)NN)[nH]c2ccccc12. The quantitative estimate of drug-likeness (QED) is 0.142. The van der Waals surface area contributed by atoms with Crippen LogP contribution >= 0.6 is 0 Å². The van der Waals surface area contributed by atoms with Crippen molar-refractivity contribution < 1.29 is 9.59 Å². The van der Waals surface area contributed by atoms with Gasteiger partial charge in [-0.05, 0) is 17.7 Å². The van der Waals surface area contributed by atoms with Crippen LogP contribution in [0.4, 0.5) is 0 Å². The molecule has 0 fully saturated rings. The molecule has 3 aromatic carbocycles. The summed E-state index contributed by atoms with van der Waals surface area (Å²) in [7, 11) is 0. The molecule has 8 heteroatoms. The summed E-state index contributed by atoms with van der Waals surface area (Å²) in [5.41, 5.74) is 9.07. The number of hydrogen-bond acceptors (Lipinski definition) is 4. The van der Waals surface area contributed by atoms with Gasteiger partial charge in [-0.15, -0.1) is 0 Å². The third kappa shape index (κ3) is 3.34. The number of aromatic amines is 2. The molecule has 2 amide bonds. The predicted molar refractivity (Wildman–Crippen MR) is 127 cm³/mol. The van der Waals surface area contributed by atoms with Gasteiger partial charge < -0.3 is 9.97 Å². The predicted octanol–water partition coefficient (Wildman–Crippen LogP) is 3.04. The zero-order chi connectivity index (χ0) is 22.9. The van der Waals surface area contributed by atoms with E-state index in [1.807, 2.05) is 78.9 Å². The van der Waals surface area contributed by atoms with E-state index < -0.39 is 17.7 Å². The van der Waals surface area contributed by atoms with Crippen LogP contribution in [0.2, 0.25) is 0 Å². The molecular formula is C25H22N6O2. The van der Waals surface area contributed by atoms with E-state index in [2.05, 4.69) is 20.8 Å². The van der Waals surface area contributed by atoms with Crippen molar-refractivity contribution in [3.8, 4) is 0 Å². The highest BCUT2D eigenvalue weighted by molar-refractivity contribution is 6.05. The Balaban J connectivity index is 1.93. The fraction of sp³-hybridized carbons (Fsp3) is 0.0400. The van der Waals surface area contributed by atoms with Gasteiger partial charge in [0, 0.05) is 38.9 Å². The van der Waals surface area contributed by atoms with E-state index in [-0.39, 0.29) is 0 Å². The minimum atomic E-state index is -0.474. The average molecular weight is 438 g/mol. The molecule has 0 aliphatic rings. The summed E-state index contributed by atoms with van der Waals surface area (Å²) in [6, 6.07) is 25.0. The largest absolute Gasteiger partial charge is 0.350 e. The number of hydrogen-bond donors (Lipinski definition) is 6. The van der Waals surface area contributed by atoms with Crippen molar-refractivity contribution in [2.24, 2.45) is 11.7 Å². The van der Waals surface area contributed by atoms with Gasteiger partial charge in [0.05, 0.1) is 0 Å². The highest BCUT2D eigenvalue weighted by Gasteiger charge is 2.32. The van der Waals surface area contributed by atoms with Crippen LogP contribution < -0.4 is 22.5 Å². The van der Waals surface area contributed by atoms with Crippen molar-refractivity contribution >= 4 is 33.6 Å². The summed E-state index contributed by atoms with van der Waals surface area (Å²) in [6.45, 7) is 0. The first-order valence-electron chi connectivity index (χ1n) is 10.4. The number of fused-ring (bicyclic) bond motifs is 2. The van der Waals surface area contributed by atoms with Crippen LogP contribution in [0.3, 0.4) is 0 Å². The van der Waals surface area contributed by atoms with Crippen molar-refractivity contribution in [1.82, 2.24) is 20.8 Å². The number of para-hydroxylation sites is 2. The first-order valence-corrected chi connectivity index (χ1v) is 10.4. The van der Waals surface area contributed by atoms with E-state index in [1.165, 1.54) is 0 Å². The number of nitrogens with one attached hydrogen (secondary N) is 4. The number of H-pyrrole nitrogens is 2. The van der Waals surface area contributed by atoms with E-state index in [9.17, 15) is 9.59 Å². The number of nitrogens with two attached hydrogens (primary N) is 2. The second-order valence-corrected chi connectivity index (χ2v) is 7.71. The number of amides is 2. The molecule has 0 unspecified atom stereocenters. The summed E-state index contributed by atoms with van der Waals surface area (Å²) in [5.74, 6) is 9.69. The lowest BCUT2D eigenvalue weighted by Crippen LogP contribution is -2.32. The van der Waals surface area contributed by atoms with Crippen LogP contribution in [0.25, 0.3) is 21.8 Å². The zero-order valence-electron chi connectivity index (χ0n) is 17.6. The summed E-state index contributed by atoms with van der Waals surface area (Å²) < 4.78 is 0. The van der Waals surface area contributed by atoms with Gasteiger partial charge in [0.2, 0.25) is 0 Å². The monoisotopic (exact) mass is 438 g/mol. The smallest absolute Gasteiger partial charge is 0.281 e. The molecule has 0 spiro atoms. The molecule has 0 aliphatic heterocycles. The number of rotatable bonds is 5. The van der Waals surface area contributed by atoms with Crippen LogP contribution in [0.1, 0.15) is 43.6 Å². The molecule has 0 saturated carbocycles. The Kier molecular flexibility index (Phi) is 5.14. The first-order chi connectivity index (χ1) is 16.1. The molecule has 0 atom stereocenters. The maximum atomic E-state index is 12.9. The standard InChI is InChI=1S/C25H22N6O2/c26-30-24(32)22-20(15-10-4-6-12-17(15)28-22)19(14-8-2-1-3-9-14)21-16-11-5-7-13-18(16)29-23(21)25(33)31-27/h1-13,19,28-29H,26-27H2,(H,30,32)(H,31,33). The summed E-state index contributed by atoms with van der Waals surface area (Å²) >= 11 is 0. The van der Waals surface area contributed by atoms with Crippen molar-refractivity contribution in [3.63, 3.8) is 0 Å². The number of hydrazine groups is 2. The van der Waals surface area contributed by atoms with Gasteiger partial charge in [-0.1, -0.05) is 66.7 Å². The first kappa shape index (κ1) is 20.5. The van der Waals surface area contributed by atoms with E-state index in [1.54, 1.807) is 0 Å². The molecule has 2 heterocycles. The van der Waals surface area contributed by atoms with E-state index in [0.29, 0.717) is 11.4 Å². The van der Waals surface area contributed by atoms with Gasteiger partial charge in [0.25, 0.3) is 11.8 Å². The molecule has 8 nitrogen and oxygen atoms in total. The van der Waals surface area contributed by atoms with Gasteiger partial charge in [-0.25, -0.2) is 11.7 Å². The Morgan fingerprint density at radius 1 is 0.636 bits per heavy atom. The minimum absolute atomic E-state index is 0.331. The van der Waals surface area contributed by atoms with Crippen molar-refractivity contribution in [1.29, 1.82) is 0 Å². The molecule has 5 aromatic rings. The van der Waals surface area contributed by atoms with Crippen LogP contribution in [-0.2, 0) is 0 Å². The Labute approximate surface area is 188 Å². The molecule has 8 N–H and O–H groups in total. The highest BCUT2D eigenvalue weighted by atomic mass is 16.2. The Bertz CT molecular complexity index is 1390. The zero-order valence-corrected chi connectivity index (χ0v) is 17.6. The number of aromatic nitrogens is 2. The Morgan fingerprint density at radius 2 is 1.06 bits per heavy atom. The van der Waals surface area contributed by atoms with Gasteiger partial charge in [0.15, 0.2) is 0 Å². The molecule has 0 saturated heterocycles. The van der Waals surface area contributed by atoms with Gasteiger partial charge in [-0.3, -0.25) is 20.4 Å². The second-order valence-electron chi connectivity index (χ2n) is 7.71. The van der Waals surface area contributed by atoms with Crippen molar-refractivity contribution in [2.75, 3.05) is 0 Å². The second kappa shape index (κ2) is 8.27. The van der Waals surface area contributed by atoms with Crippen LogP contribution in [0, 0.1) is 0 Å². The van der Waals surface area contributed by atoms with Crippen LogP contribution in [-0.4, -0.2) is 21.8 Å². The lowest BCUT2D eigenvalue weighted by Gasteiger charge is -2.20. The summed E-state index contributed by atoms with van der Waals surface area (Å²) in [6.07, 6.45) is 0. The molecule has 0 radical (unpaired) electrons. The average Bonchev–Trinajstić information content (AvgIpc) is 3.44. The van der Waals surface area contributed by atoms with Crippen LogP contribution in [0.15, 0.2) is 78.9 Å². The molecule has 5 rings (SSSR count). The molecule has 164 valence electrons. The van der Waals surface area contributed by atoms with Crippen LogP contribution in [0.5, 0.6) is 0 Å². The fourth-order valence-corrected chi connectivity index (χ4v) is 4.55. The molecule has 0 bridgehead atoms. The Morgan fingerprint density at radius 3 is 1.52 bits per heavy atom. The number of nitrogen functional groups attached to an aromatic ring is 2. The maximum absolute atomic E-state index is 12.9. The molecule has 2 aromatic heterocycles. The van der Waals surface area contributed by atoms with Crippen molar-refractivity contribution in [2.45, 2.75) is 5.92 Å². The third-order valence-corrected chi connectivity index (χ3v) is 5.92. The fourth-order valence-electron chi connectivity index (χ4n) is 4.55. The lowest BCUT2D eigenvalue weighted by molar-refractivity contribution is 0.0942. The van der Waals surface area contributed by atoms with E-state index in [0.717, 1.165) is 38.5 Å². The molecular weight excluding hydrogens is 416 g/mol. The van der Waals surface area contributed by atoms with Crippen molar-refractivity contribution in [3.05, 3.63) is 107 Å². The number of carbonyl (C=O) groups excluding carboxylic acids is 2. The minimum Gasteiger partial charge on any atom is -0.350 e. The van der Waals surface area contributed by atoms with E-state index in [4.69, 9.17) is 11.7 Å². The summed E-state index contributed by atoms with van der Waals surface area (Å²) in [4.78, 5) is 32.2. The lowest BCUT2D eigenvalue weighted by atomic mass is 9.81. The highest BCUT2D eigenvalue weighted by Crippen LogP contribution is 2.42. The van der Waals surface area contributed by atoms with Gasteiger partial charge in [-0.2, -0.15) is 0 Å². The van der Waals surface area contributed by atoms with Gasteiger partial charge >= 0.3 is 0 Å². The van der Waals surface area contributed by atoms with Gasteiger partial charge in [0.1, 0.15) is 11.4 Å². The maximum Gasteiger partial charge on any atom is 0.281 e. The Hall–Kier alpha value is -4.40. The normalized spacial score (nSPS) is 11.2. The number of carbonyl (C=O) groups is 2. The molecule has 0 aliphatic carbocycles. The topological polar surface area (TPSA) is 142 Å². The number of benzene rings is 3. The molecule has 33 heavy (non-hydrogen) atoms.